The van der Waals surface area contributed by atoms with Gasteiger partial charge in [0.1, 0.15) is 5.82 Å². The Balaban J connectivity index is 2.53. The topological polar surface area (TPSA) is 87.0 Å². The summed E-state index contributed by atoms with van der Waals surface area (Å²) in [4.78, 5) is 0. The normalized spacial score (nSPS) is 10.2. The molecule has 6 heteroatoms. The lowest BCUT2D eigenvalue weighted by Crippen LogP contribution is -2.00. The minimum Gasteiger partial charge on any atom is -0.494 e. The first-order valence-electron chi connectivity index (χ1n) is 4.84. The van der Waals surface area contributed by atoms with Crippen LogP contribution in [0.25, 0.3) is 11.1 Å². The van der Waals surface area contributed by atoms with Gasteiger partial charge in [0.2, 0.25) is 0 Å². The highest BCUT2D eigenvalue weighted by atomic mass is 19.1. The molecule has 1 aromatic heterocycles. The van der Waals surface area contributed by atoms with E-state index in [0.717, 1.165) is 0 Å². The summed E-state index contributed by atoms with van der Waals surface area (Å²) < 4.78 is 18.4. The van der Waals surface area contributed by atoms with Crippen LogP contribution in [-0.2, 0) is 0 Å². The number of nitrogens with two attached hydrogens (primary N) is 2. The lowest BCUT2D eigenvalue weighted by Gasteiger charge is -2.07. The Hall–Kier alpha value is -2.37. The second kappa shape index (κ2) is 4.25. The van der Waals surface area contributed by atoms with Crippen LogP contribution in [0.3, 0.4) is 0 Å². The number of anilines is 2. The summed E-state index contributed by atoms with van der Waals surface area (Å²) in [6, 6.07) is 6.05. The fourth-order valence-corrected chi connectivity index (χ4v) is 1.48. The molecule has 0 unspecified atom stereocenters. The monoisotopic (exact) mass is 234 g/mol. The predicted octanol–water partition coefficient (Wildman–Crippen LogP) is 1.46. The molecule has 0 radical (unpaired) electrons. The van der Waals surface area contributed by atoms with Gasteiger partial charge in [-0.05, 0) is 23.8 Å². The zero-order valence-corrected chi connectivity index (χ0v) is 9.14. The fraction of sp³-hybridized carbons (Fsp3) is 0.0909. The van der Waals surface area contributed by atoms with Gasteiger partial charge in [0, 0.05) is 5.56 Å². The van der Waals surface area contributed by atoms with Gasteiger partial charge in [0.15, 0.2) is 17.4 Å². The molecule has 2 aromatic rings. The van der Waals surface area contributed by atoms with Gasteiger partial charge >= 0.3 is 0 Å². The summed E-state index contributed by atoms with van der Waals surface area (Å²) in [5.41, 5.74) is 12.3. The molecule has 0 spiro atoms. The number of ether oxygens (including phenoxy) is 1. The second-order valence-corrected chi connectivity index (χ2v) is 3.42. The predicted molar refractivity (Wildman–Crippen MR) is 62.8 cm³/mol. The number of nitrogen functional groups attached to an aromatic ring is 2. The van der Waals surface area contributed by atoms with E-state index in [1.54, 1.807) is 12.1 Å². The molecule has 0 bridgehead atoms. The number of rotatable bonds is 2. The van der Waals surface area contributed by atoms with Gasteiger partial charge in [-0.2, -0.15) is 0 Å². The van der Waals surface area contributed by atoms with E-state index < -0.39 is 5.82 Å². The number of aromatic nitrogens is 2. The average Bonchev–Trinajstić information content (AvgIpc) is 2.32. The highest BCUT2D eigenvalue weighted by Gasteiger charge is 2.09. The minimum absolute atomic E-state index is 0.169. The van der Waals surface area contributed by atoms with Crippen LogP contribution >= 0.6 is 0 Å². The molecule has 5 nitrogen and oxygen atoms in total. The highest BCUT2D eigenvalue weighted by Crippen LogP contribution is 2.28. The van der Waals surface area contributed by atoms with Crippen molar-refractivity contribution in [3.05, 3.63) is 30.1 Å². The number of benzene rings is 1. The van der Waals surface area contributed by atoms with E-state index in [0.29, 0.717) is 11.1 Å². The van der Waals surface area contributed by atoms with Crippen molar-refractivity contribution in [1.82, 2.24) is 10.2 Å². The van der Waals surface area contributed by atoms with Crippen molar-refractivity contribution in [3.8, 4) is 16.9 Å². The van der Waals surface area contributed by atoms with Crippen LogP contribution in [-0.4, -0.2) is 17.3 Å². The summed E-state index contributed by atoms with van der Waals surface area (Å²) >= 11 is 0. The maximum Gasteiger partial charge on any atom is 0.165 e. The first-order chi connectivity index (χ1) is 8.11. The van der Waals surface area contributed by atoms with Crippen molar-refractivity contribution in [1.29, 1.82) is 0 Å². The molecule has 88 valence electrons. The Morgan fingerprint density at radius 3 is 2.59 bits per heavy atom. The Kier molecular flexibility index (Phi) is 2.78. The van der Waals surface area contributed by atoms with Crippen LogP contribution < -0.4 is 16.2 Å². The average molecular weight is 234 g/mol. The molecule has 0 fully saturated rings. The molecule has 1 aromatic carbocycles. The van der Waals surface area contributed by atoms with Crippen molar-refractivity contribution >= 4 is 11.6 Å². The Morgan fingerprint density at radius 1 is 1.18 bits per heavy atom. The first-order valence-corrected chi connectivity index (χ1v) is 4.84. The fourth-order valence-electron chi connectivity index (χ4n) is 1.48. The molecule has 0 aliphatic carbocycles. The van der Waals surface area contributed by atoms with E-state index >= 15 is 0 Å². The molecule has 17 heavy (non-hydrogen) atoms. The summed E-state index contributed by atoms with van der Waals surface area (Å²) in [6.07, 6.45) is 0. The lowest BCUT2D eigenvalue weighted by atomic mass is 10.1. The Morgan fingerprint density at radius 2 is 1.94 bits per heavy atom. The number of hydrogen-bond donors (Lipinski definition) is 2. The van der Waals surface area contributed by atoms with Crippen LogP contribution in [0.1, 0.15) is 0 Å². The summed E-state index contributed by atoms with van der Waals surface area (Å²) in [5.74, 6) is 0.122. The standard InChI is InChI=1S/C11H11FN4O/c1-17-9-3-2-6(4-8(9)12)7-5-10(13)15-16-11(7)14/h2-5H,1H3,(H2,13,15)(H2,14,16). The number of nitrogens with zero attached hydrogens (tertiary/aromatic N) is 2. The van der Waals surface area contributed by atoms with Crippen molar-refractivity contribution in [2.45, 2.75) is 0 Å². The smallest absolute Gasteiger partial charge is 0.165 e. The molecule has 0 saturated heterocycles. The molecule has 0 aliphatic heterocycles. The van der Waals surface area contributed by atoms with Crippen molar-refractivity contribution in [3.63, 3.8) is 0 Å². The molecular formula is C11H11FN4O. The van der Waals surface area contributed by atoms with E-state index in [4.69, 9.17) is 16.2 Å². The van der Waals surface area contributed by atoms with Gasteiger partial charge < -0.3 is 16.2 Å². The second-order valence-electron chi connectivity index (χ2n) is 3.42. The third-order valence-electron chi connectivity index (χ3n) is 2.30. The van der Waals surface area contributed by atoms with Crippen molar-refractivity contribution in [2.24, 2.45) is 0 Å². The van der Waals surface area contributed by atoms with Gasteiger partial charge in [0.05, 0.1) is 7.11 Å². The molecule has 0 amide bonds. The quantitative estimate of drug-likeness (QED) is 0.821. The third kappa shape index (κ3) is 2.10. The lowest BCUT2D eigenvalue weighted by molar-refractivity contribution is 0.386. The van der Waals surface area contributed by atoms with Gasteiger partial charge in [-0.3, -0.25) is 0 Å². The maximum atomic E-state index is 13.5. The van der Waals surface area contributed by atoms with E-state index in [-0.39, 0.29) is 17.4 Å². The van der Waals surface area contributed by atoms with Crippen LogP contribution in [0, 0.1) is 5.82 Å². The molecule has 0 atom stereocenters. The van der Waals surface area contributed by atoms with Crippen LogP contribution in [0.5, 0.6) is 5.75 Å². The van der Waals surface area contributed by atoms with Gasteiger partial charge in [-0.1, -0.05) is 6.07 Å². The van der Waals surface area contributed by atoms with E-state index in [1.807, 2.05) is 0 Å². The van der Waals surface area contributed by atoms with Crippen LogP contribution in [0.2, 0.25) is 0 Å². The molecule has 4 N–H and O–H groups in total. The zero-order valence-electron chi connectivity index (χ0n) is 9.14. The first kappa shape index (κ1) is 11.1. The van der Waals surface area contributed by atoms with Crippen LogP contribution in [0.15, 0.2) is 24.3 Å². The van der Waals surface area contributed by atoms with Crippen molar-refractivity contribution in [2.75, 3.05) is 18.6 Å². The number of methoxy groups -OCH3 is 1. The molecular weight excluding hydrogens is 223 g/mol. The highest BCUT2D eigenvalue weighted by molar-refractivity contribution is 5.75. The van der Waals surface area contributed by atoms with E-state index in [1.165, 1.54) is 19.2 Å². The summed E-state index contributed by atoms with van der Waals surface area (Å²) in [6.45, 7) is 0. The molecule has 1 heterocycles. The summed E-state index contributed by atoms with van der Waals surface area (Å²) in [7, 11) is 1.40. The van der Waals surface area contributed by atoms with Crippen molar-refractivity contribution < 1.29 is 9.13 Å². The Bertz CT molecular complexity index is 559. The van der Waals surface area contributed by atoms with Crippen LogP contribution in [0.4, 0.5) is 16.0 Å². The number of halogens is 1. The minimum atomic E-state index is -0.472. The summed E-state index contributed by atoms with van der Waals surface area (Å²) in [5, 5.41) is 7.28. The third-order valence-corrected chi connectivity index (χ3v) is 2.30. The molecule has 0 saturated carbocycles. The number of hydrogen-bond acceptors (Lipinski definition) is 5. The SMILES string of the molecule is COc1ccc(-c2cc(N)nnc2N)cc1F. The van der Waals surface area contributed by atoms with Gasteiger partial charge in [0.25, 0.3) is 0 Å². The molecule has 0 aliphatic rings. The Labute approximate surface area is 97.2 Å². The van der Waals surface area contributed by atoms with E-state index in [9.17, 15) is 4.39 Å². The maximum absolute atomic E-state index is 13.5. The zero-order chi connectivity index (χ0) is 12.4. The van der Waals surface area contributed by atoms with Gasteiger partial charge in [-0.15, -0.1) is 10.2 Å². The molecule has 2 rings (SSSR count). The largest absolute Gasteiger partial charge is 0.494 e. The van der Waals surface area contributed by atoms with Gasteiger partial charge in [-0.25, -0.2) is 4.39 Å². The van der Waals surface area contributed by atoms with E-state index in [2.05, 4.69) is 10.2 Å².